The number of anilines is 1. The number of hydrogen-bond donors (Lipinski definition) is 1. The monoisotopic (exact) mass is 444 g/mol. The summed E-state index contributed by atoms with van der Waals surface area (Å²) in [6.07, 6.45) is 5.24. The van der Waals surface area contributed by atoms with Crippen LogP contribution in [0, 0.1) is 0 Å². The first-order valence-corrected chi connectivity index (χ1v) is 11.5. The van der Waals surface area contributed by atoms with Gasteiger partial charge in [-0.3, -0.25) is 9.59 Å². The predicted molar refractivity (Wildman–Crippen MR) is 119 cm³/mol. The van der Waals surface area contributed by atoms with Gasteiger partial charge in [0.25, 0.3) is 0 Å². The molecule has 0 spiro atoms. The second kappa shape index (κ2) is 9.49. The van der Waals surface area contributed by atoms with Crippen LogP contribution in [0.2, 0.25) is 0 Å². The van der Waals surface area contributed by atoms with E-state index in [0.717, 1.165) is 22.8 Å². The molecule has 1 fully saturated rings. The van der Waals surface area contributed by atoms with E-state index in [-0.39, 0.29) is 35.8 Å². The van der Waals surface area contributed by atoms with Crippen molar-refractivity contribution in [3.8, 4) is 0 Å². The number of carbonyl (C=O) groups is 2. The zero-order valence-corrected chi connectivity index (χ0v) is 18.6. The highest BCUT2D eigenvalue weighted by Crippen LogP contribution is 2.29. The summed E-state index contributed by atoms with van der Waals surface area (Å²) in [4.78, 5) is 26.1. The number of aryl methyl sites for hydroxylation is 1. The SMILES string of the molecule is C=CCN(CC(=O)N(Cc1cccn1C)C1CC1)S(=O)(=O)c1ccc(NC(C)=O)cc1. The molecule has 0 unspecified atom stereocenters. The Morgan fingerprint density at radius 2 is 1.90 bits per heavy atom. The summed E-state index contributed by atoms with van der Waals surface area (Å²) in [7, 11) is -2.00. The summed E-state index contributed by atoms with van der Waals surface area (Å²) in [6.45, 7) is 5.22. The molecule has 1 aromatic heterocycles. The van der Waals surface area contributed by atoms with Crippen molar-refractivity contribution in [2.75, 3.05) is 18.4 Å². The Hall–Kier alpha value is -2.91. The van der Waals surface area contributed by atoms with Crippen LogP contribution in [-0.4, -0.2) is 53.1 Å². The molecule has 1 aliphatic rings. The molecule has 0 bridgehead atoms. The second-order valence-corrected chi connectivity index (χ2v) is 9.59. The highest BCUT2D eigenvalue weighted by Gasteiger charge is 2.35. The van der Waals surface area contributed by atoms with Gasteiger partial charge in [0.1, 0.15) is 0 Å². The lowest BCUT2D eigenvalue weighted by atomic mass is 10.3. The first kappa shape index (κ1) is 22.8. The lowest BCUT2D eigenvalue weighted by Crippen LogP contribution is -2.43. The summed E-state index contributed by atoms with van der Waals surface area (Å²) < 4.78 is 29.5. The number of nitrogens with one attached hydrogen (secondary N) is 1. The van der Waals surface area contributed by atoms with E-state index >= 15 is 0 Å². The summed E-state index contributed by atoms with van der Waals surface area (Å²) in [5.41, 5.74) is 1.49. The van der Waals surface area contributed by atoms with Crippen LogP contribution in [0.25, 0.3) is 0 Å². The number of benzene rings is 1. The van der Waals surface area contributed by atoms with Crippen LogP contribution in [0.5, 0.6) is 0 Å². The van der Waals surface area contributed by atoms with Crippen molar-refractivity contribution in [3.05, 3.63) is 60.9 Å². The maximum absolute atomic E-state index is 13.2. The van der Waals surface area contributed by atoms with E-state index in [2.05, 4.69) is 11.9 Å². The maximum atomic E-state index is 13.2. The molecule has 1 N–H and O–H groups in total. The molecule has 0 radical (unpaired) electrons. The fourth-order valence-electron chi connectivity index (χ4n) is 3.34. The Morgan fingerprint density at radius 3 is 2.42 bits per heavy atom. The molecule has 1 aliphatic carbocycles. The Kier molecular flexibility index (Phi) is 6.97. The smallest absolute Gasteiger partial charge is 0.243 e. The lowest BCUT2D eigenvalue weighted by Gasteiger charge is -2.27. The average Bonchev–Trinajstić information content (AvgIpc) is 3.47. The van der Waals surface area contributed by atoms with E-state index in [4.69, 9.17) is 0 Å². The van der Waals surface area contributed by atoms with E-state index in [1.807, 2.05) is 29.9 Å². The summed E-state index contributed by atoms with van der Waals surface area (Å²) >= 11 is 0. The molecule has 1 heterocycles. The average molecular weight is 445 g/mol. The second-order valence-electron chi connectivity index (χ2n) is 7.66. The van der Waals surface area contributed by atoms with Crippen LogP contribution in [0.4, 0.5) is 5.69 Å². The predicted octanol–water partition coefficient (Wildman–Crippen LogP) is 2.35. The Bertz CT molecular complexity index is 1060. The lowest BCUT2D eigenvalue weighted by molar-refractivity contribution is -0.132. The number of amides is 2. The number of aromatic nitrogens is 1. The van der Waals surface area contributed by atoms with E-state index < -0.39 is 10.0 Å². The standard InChI is InChI=1S/C22H28N4O4S/c1-4-13-25(31(29,30)21-11-7-18(8-12-21)23-17(2)27)16-22(28)26(19-9-10-19)15-20-6-5-14-24(20)3/h4-8,11-12,14,19H,1,9-10,13,15-16H2,2-3H3,(H,23,27). The molecule has 1 saturated carbocycles. The van der Waals surface area contributed by atoms with Crippen molar-refractivity contribution >= 4 is 27.5 Å². The number of nitrogens with zero attached hydrogens (tertiary/aromatic N) is 3. The van der Waals surface area contributed by atoms with E-state index in [1.54, 1.807) is 4.90 Å². The number of rotatable bonds is 10. The van der Waals surface area contributed by atoms with E-state index in [9.17, 15) is 18.0 Å². The maximum Gasteiger partial charge on any atom is 0.243 e. The zero-order valence-electron chi connectivity index (χ0n) is 17.8. The topological polar surface area (TPSA) is 91.7 Å². The summed E-state index contributed by atoms with van der Waals surface area (Å²) in [6, 6.07) is 9.91. The molecule has 1 aromatic carbocycles. The van der Waals surface area contributed by atoms with Crippen LogP contribution in [-0.2, 0) is 33.2 Å². The Morgan fingerprint density at radius 1 is 1.23 bits per heavy atom. The third-order valence-corrected chi connectivity index (χ3v) is 6.97. The minimum Gasteiger partial charge on any atom is -0.353 e. The van der Waals surface area contributed by atoms with Gasteiger partial charge in [-0.15, -0.1) is 6.58 Å². The van der Waals surface area contributed by atoms with Gasteiger partial charge in [0.15, 0.2) is 0 Å². The van der Waals surface area contributed by atoms with Gasteiger partial charge in [-0.2, -0.15) is 4.31 Å². The fraction of sp³-hybridized carbons (Fsp3) is 0.364. The van der Waals surface area contributed by atoms with Gasteiger partial charge in [0, 0.05) is 44.1 Å². The molecular formula is C22H28N4O4S. The highest BCUT2D eigenvalue weighted by atomic mass is 32.2. The Labute approximate surface area is 183 Å². The molecule has 3 rings (SSSR count). The van der Waals surface area contributed by atoms with Gasteiger partial charge in [-0.25, -0.2) is 8.42 Å². The van der Waals surface area contributed by atoms with Crippen LogP contribution >= 0.6 is 0 Å². The zero-order chi connectivity index (χ0) is 22.6. The molecule has 0 aliphatic heterocycles. The van der Waals surface area contributed by atoms with Gasteiger partial charge in [0.2, 0.25) is 21.8 Å². The van der Waals surface area contributed by atoms with Gasteiger partial charge in [-0.1, -0.05) is 6.08 Å². The van der Waals surface area contributed by atoms with Gasteiger partial charge >= 0.3 is 0 Å². The number of sulfonamides is 1. The van der Waals surface area contributed by atoms with Crippen LogP contribution in [0.3, 0.4) is 0 Å². The quantitative estimate of drug-likeness (QED) is 0.570. The molecule has 31 heavy (non-hydrogen) atoms. The first-order valence-electron chi connectivity index (χ1n) is 10.1. The molecule has 0 atom stereocenters. The fourth-order valence-corrected chi connectivity index (χ4v) is 4.70. The van der Waals surface area contributed by atoms with Crippen molar-refractivity contribution in [1.82, 2.24) is 13.8 Å². The highest BCUT2D eigenvalue weighted by molar-refractivity contribution is 7.89. The van der Waals surface area contributed by atoms with E-state index in [0.29, 0.717) is 12.2 Å². The first-order chi connectivity index (χ1) is 14.7. The molecule has 0 saturated heterocycles. The molecule has 8 nitrogen and oxygen atoms in total. The van der Waals surface area contributed by atoms with Gasteiger partial charge in [-0.05, 0) is 49.2 Å². The summed E-state index contributed by atoms with van der Waals surface area (Å²) in [5.74, 6) is -0.475. The van der Waals surface area contributed by atoms with Crippen LogP contribution in [0.15, 0.2) is 60.1 Å². The molecular weight excluding hydrogens is 416 g/mol. The van der Waals surface area contributed by atoms with Crippen molar-refractivity contribution in [3.63, 3.8) is 0 Å². The van der Waals surface area contributed by atoms with Gasteiger partial charge < -0.3 is 14.8 Å². The van der Waals surface area contributed by atoms with Crippen molar-refractivity contribution in [2.24, 2.45) is 7.05 Å². The summed E-state index contributed by atoms with van der Waals surface area (Å²) in [5, 5.41) is 2.60. The van der Waals surface area contributed by atoms with Crippen LogP contribution < -0.4 is 5.32 Å². The Balaban J connectivity index is 1.78. The van der Waals surface area contributed by atoms with Crippen molar-refractivity contribution in [2.45, 2.75) is 37.2 Å². The largest absolute Gasteiger partial charge is 0.353 e. The number of hydrogen-bond acceptors (Lipinski definition) is 4. The van der Waals surface area contributed by atoms with Crippen LogP contribution in [0.1, 0.15) is 25.5 Å². The minimum absolute atomic E-state index is 0.0180. The molecule has 2 aromatic rings. The molecule has 166 valence electrons. The molecule has 2 amide bonds. The third kappa shape index (κ3) is 5.62. The van der Waals surface area contributed by atoms with Gasteiger partial charge in [0.05, 0.1) is 18.0 Å². The van der Waals surface area contributed by atoms with E-state index in [1.165, 1.54) is 37.3 Å². The van der Waals surface area contributed by atoms with Crippen molar-refractivity contribution < 1.29 is 18.0 Å². The minimum atomic E-state index is -3.92. The number of carbonyl (C=O) groups excluding carboxylic acids is 2. The molecule has 9 heteroatoms. The normalized spacial score (nSPS) is 13.8. The third-order valence-electron chi connectivity index (χ3n) is 5.15. The van der Waals surface area contributed by atoms with Crippen molar-refractivity contribution in [1.29, 1.82) is 0 Å².